The summed E-state index contributed by atoms with van der Waals surface area (Å²) in [6, 6.07) is 9.76. The molecule has 0 aliphatic rings. The van der Waals surface area contributed by atoms with Crippen molar-refractivity contribution in [3.05, 3.63) is 47.8 Å². The molecule has 2 rings (SSSR count). The summed E-state index contributed by atoms with van der Waals surface area (Å²) in [6.45, 7) is 1.99. The van der Waals surface area contributed by atoms with E-state index in [1.54, 1.807) is 6.20 Å². The summed E-state index contributed by atoms with van der Waals surface area (Å²) < 4.78 is 0. The molecule has 1 heterocycles. The molecule has 0 aliphatic carbocycles. The summed E-state index contributed by atoms with van der Waals surface area (Å²) in [5, 5.41) is 12.3. The van der Waals surface area contributed by atoms with Crippen molar-refractivity contribution in [1.29, 1.82) is 0 Å². The second-order valence-corrected chi connectivity index (χ2v) is 3.67. The van der Waals surface area contributed by atoms with Gasteiger partial charge in [-0.3, -0.25) is 0 Å². The molecule has 1 aromatic heterocycles. The summed E-state index contributed by atoms with van der Waals surface area (Å²) in [5.41, 5.74) is 2.61. The zero-order valence-electron chi connectivity index (χ0n) is 9.72. The van der Waals surface area contributed by atoms with Gasteiger partial charge in [-0.05, 0) is 18.6 Å². The highest BCUT2D eigenvalue weighted by Gasteiger charge is 2.04. The van der Waals surface area contributed by atoms with Gasteiger partial charge in [-0.2, -0.15) is 0 Å². The average molecular weight is 229 g/mol. The van der Waals surface area contributed by atoms with Crippen LogP contribution in [-0.4, -0.2) is 15.1 Å². The number of para-hydroxylation sites is 1. The van der Waals surface area contributed by atoms with E-state index in [1.807, 2.05) is 37.3 Å². The Kier molecular flexibility index (Phi) is 3.67. The smallest absolute Gasteiger partial charge is 0.227 e. The zero-order valence-corrected chi connectivity index (χ0v) is 9.72. The van der Waals surface area contributed by atoms with E-state index in [9.17, 15) is 0 Å². The van der Waals surface area contributed by atoms with Crippen molar-refractivity contribution >= 4 is 11.6 Å². The molecule has 88 valence electrons. The number of nitrogens with zero attached hydrogens (tertiary/aromatic N) is 2. The first-order chi connectivity index (χ1) is 8.33. The van der Waals surface area contributed by atoms with Crippen molar-refractivity contribution in [3.63, 3.8) is 0 Å². The molecule has 4 nitrogen and oxygen atoms in total. The molecule has 0 spiro atoms. The van der Waals surface area contributed by atoms with Crippen LogP contribution in [0.1, 0.15) is 18.2 Å². The number of benzene rings is 1. The van der Waals surface area contributed by atoms with Gasteiger partial charge < -0.3 is 10.4 Å². The molecule has 0 unspecified atom stereocenters. The van der Waals surface area contributed by atoms with Gasteiger partial charge >= 0.3 is 0 Å². The minimum atomic E-state index is -0.0191. The van der Waals surface area contributed by atoms with Crippen molar-refractivity contribution in [3.8, 4) is 0 Å². The summed E-state index contributed by atoms with van der Waals surface area (Å²) in [7, 11) is 0. The Morgan fingerprint density at radius 1 is 1.24 bits per heavy atom. The fraction of sp³-hybridized carbons (Fsp3) is 0.231. The summed E-state index contributed by atoms with van der Waals surface area (Å²) in [6.07, 6.45) is 2.44. The summed E-state index contributed by atoms with van der Waals surface area (Å²) >= 11 is 0. The van der Waals surface area contributed by atoms with Crippen molar-refractivity contribution in [2.75, 3.05) is 5.32 Å². The molecule has 2 N–H and O–H groups in total. The van der Waals surface area contributed by atoms with Gasteiger partial charge in [-0.25, -0.2) is 9.97 Å². The Morgan fingerprint density at radius 2 is 2.00 bits per heavy atom. The van der Waals surface area contributed by atoms with Gasteiger partial charge in [0.1, 0.15) is 0 Å². The van der Waals surface area contributed by atoms with Crippen LogP contribution in [0.15, 0.2) is 36.5 Å². The number of nitrogens with one attached hydrogen (secondary N) is 1. The second-order valence-electron chi connectivity index (χ2n) is 3.67. The number of aryl methyl sites for hydroxylation is 1. The van der Waals surface area contributed by atoms with Crippen molar-refractivity contribution in [1.82, 2.24) is 9.97 Å². The van der Waals surface area contributed by atoms with E-state index in [0.29, 0.717) is 5.95 Å². The first-order valence-electron chi connectivity index (χ1n) is 5.61. The van der Waals surface area contributed by atoms with Crippen LogP contribution in [0.2, 0.25) is 0 Å². The van der Waals surface area contributed by atoms with E-state index < -0.39 is 0 Å². The van der Waals surface area contributed by atoms with Crippen LogP contribution >= 0.6 is 0 Å². The largest absolute Gasteiger partial charge is 0.392 e. The third-order valence-electron chi connectivity index (χ3n) is 2.49. The molecular formula is C13H15N3O. The molecule has 2 aromatic rings. The topological polar surface area (TPSA) is 58.0 Å². The normalized spacial score (nSPS) is 10.2. The average Bonchev–Trinajstić information content (AvgIpc) is 2.40. The fourth-order valence-electron chi connectivity index (χ4n) is 1.59. The molecular weight excluding hydrogens is 214 g/mol. The van der Waals surface area contributed by atoms with Crippen LogP contribution in [0.5, 0.6) is 0 Å². The number of anilines is 2. The highest BCUT2D eigenvalue weighted by Crippen LogP contribution is 2.14. The minimum Gasteiger partial charge on any atom is -0.392 e. The Hall–Kier alpha value is -1.94. The zero-order chi connectivity index (χ0) is 12.1. The second kappa shape index (κ2) is 5.41. The first-order valence-corrected chi connectivity index (χ1v) is 5.61. The van der Waals surface area contributed by atoms with Gasteiger partial charge in [0.15, 0.2) is 0 Å². The summed E-state index contributed by atoms with van der Waals surface area (Å²) in [5.74, 6) is 0.560. The highest BCUT2D eigenvalue weighted by atomic mass is 16.3. The molecule has 0 radical (unpaired) electrons. The van der Waals surface area contributed by atoms with E-state index in [4.69, 9.17) is 5.11 Å². The van der Waals surface area contributed by atoms with E-state index in [1.165, 1.54) is 0 Å². The van der Waals surface area contributed by atoms with Gasteiger partial charge in [0.2, 0.25) is 5.95 Å². The van der Waals surface area contributed by atoms with Crippen LogP contribution in [0, 0.1) is 0 Å². The Balaban J connectivity index is 2.22. The predicted octanol–water partition coefficient (Wildman–Crippen LogP) is 2.27. The Morgan fingerprint density at radius 3 is 2.65 bits per heavy atom. The number of aliphatic hydroxyl groups is 1. The predicted molar refractivity (Wildman–Crippen MR) is 67.1 cm³/mol. The van der Waals surface area contributed by atoms with Crippen LogP contribution < -0.4 is 5.32 Å². The number of aromatic nitrogens is 2. The monoisotopic (exact) mass is 229 g/mol. The highest BCUT2D eigenvalue weighted by molar-refractivity contribution is 5.52. The van der Waals surface area contributed by atoms with Gasteiger partial charge in [0, 0.05) is 17.4 Å². The Labute approximate surface area is 100 Å². The molecule has 0 atom stereocenters. The molecule has 17 heavy (non-hydrogen) atoms. The van der Waals surface area contributed by atoms with E-state index in [-0.39, 0.29) is 6.61 Å². The van der Waals surface area contributed by atoms with E-state index in [2.05, 4.69) is 15.3 Å². The van der Waals surface area contributed by atoms with Crippen molar-refractivity contribution < 1.29 is 5.11 Å². The lowest BCUT2D eigenvalue weighted by Gasteiger charge is -2.08. The van der Waals surface area contributed by atoms with Crippen molar-refractivity contribution in [2.24, 2.45) is 0 Å². The molecule has 0 aliphatic heterocycles. The van der Waals surface area contributed by atoms with Crippen LogP contribution in [0.3, 0.4) is 0 Å². The summed E-state index contributed by atoms with van der Waals surface area (Å²) in [4.78, 5) is 8.55. The Bertz CT molecular complexity index is 485. The van der Waals surface area contributed by atoms with E-state index >= 15 is 0 Å². The maximum Gasteiger partial charge on any atom is 0.227 e. The van der Waals surface area contributed by atoms with Crippen LogP contribution in [0.25, 0.3) is 0 Å². The van der Waals surface area contributed by atoms with Gasteiger partial charge in [0.05, 0.1) is 12.3 Å². The molecule has 0 amide bonds. The van der Waals surface area contributed by atoms with Gasteiger partial charge in [-0.15, -0.1) is 0 Å². The number of hydrogen-bond acceptors (Lipinski definition) is 4. The SMILES string of the molecule is CCc1nc(Nc2ccccc2)ncc1CO. The lowest BCUT2D eigenvalue weighted by atomic mass is 10.2. The maximum absolute atomic E-state index is 9.13. The van der Waals surface area contributed by atoms with Gasteiger partial charge in [-0.1, -0.05) is 25.1 Å². The molecule has 0 saturated heterocycles. The minimum absolute atomic E-state index is 0.0191. The fourth-order valence-corrected chi connectivity index (χ4v) is 1.59. The number of hydrogen-bond donors (Lipinski definition) is 2. The molecule has 0 fully saturated rings. The lowest BCUT2D eigenvalue weighted by molar-refractivity contribution is 0.279. The third-order valence-corrected chi connectivity index (χ3v) is 2.49. The lowest BCUT2D eigenvalue weighted by Crippen LogP contribution is -2.03. The van der Waals surface area contributed by atoms with Crippen LogP contribution in [0.4, 0.5) is 11.6 Å². The van der Waals surface area contributed by atoms with Crippen molar-refractivity contribution in [2.45, 2.75) is 20.0 Å². The quantitative estimate of drug-likeness (QED) is 0.844. The third kappa shape index (κ3) is 2.79. The first kappa shape index (κ1) is 11.5. The van der Waals surface area contributed by atoms with E-state index in [0.717, 1.165) is 23.4 Å². The molecule has 4 heteroatoms. The number of rotatable bonds is 4. The molecule has 0 saturated carbocycles. The maximum atomic E-state index is 9.13. The van der Waals surface area contributed by atoms with Crippen LogP contribution in [-0.2, 0) is 13.0 Å². The standard InChI is InChI=1S/C13H15N3O/c1-2-12-10(9-17)8-14-13(16-12)15-11-6-4-3-5-7-11/h3-8,17H,2,9H2,1H3,(H,14,15,16). The van der Waals surface area contributed by atoms with Gasteiger partial charge in [0.25, 0.3) is 0 Å². The molecule has 1 aromatic carbocycles. The number of aliphatic hydroxyl groups excluding tert-OH is 1. The molecule has 0 bridgehead atoms.